The van der Waals surface area contributed by atoms with E-state index >= 15 is 0 Å². The van der Waals surface area contributed by atoms with E-state index in [1.165, 1.54) is 44.2 Å². The van der Waals surface area contributed by atoms with Gasteiger partial charge in [0.1, 0.15) is 5.75 Å². The van der Waals surface area contributed by atoms with Gasteiger partial charge in [-0.2, -0.15) is 0 Å². The third-order valence-corrected chi connectivity index (χ3v) is 5.51. The van der Waals surface area contributed by atoms with Gasteiger partial charge in [0.05, 0.1) is 11.6 Å². The summed E-state index contributed by atoms with van der Waals surface area (Å²) in [4.78, 5) is 2.61. The molecule has 1 aromatic rings. The van der Waals surface area contributed by atoms with Crippen LogP contribution in [0, 0.1) is 0 Å². The minimum absolute atomic E-state index is 0.389. The SMILES string of the molecule is COc1ccc(CN2CCNC3(CCCCC3)C2)cc1Br. The first-order valence-electron chi connectivity index (χ1n) is 8.01. The molecule has 21 heavy (non-hydrogen) atoms. The lowest BCUT2D eigenvalue weighted by molar-refractivity contribution is 0.0945. The van der Waals surface area contributed by atoms with Crippen LogP contribution in [0.1, 0.15) is 37.7 Å². The highest BCUT2D eigenvalue weighted by Gasteiger charge is 2.35. The second-order valence-corrected chi connectivity index (χ2v) is 7.30. The maximum atomic E-state index is 5.31. The predicted molar refractivity (Wildman–Crippen MR) is 89.8 cm³/mol. The van der Waals surface area contributed by atoms with Gasteiger partial charge in [-0.05, 0) is 46.5 Å². The van der Waals surface area contributed by atoms with Crippen molar-refractivity contribution in [3.05, 3.63) is 28.2 Å². The van der Waals surface area contributed by atoms with Crippen molar-refractivity contribution in [2.45, 2.75) is 44.2 Å². The van der Waals surface area contributed by atoms with Crippen molar-refractivity contribution in [1.82, 2.24) is 10.2 Å². The average molecular weight is 353 g/mol. The van der Waals surface area contributed by atoms with Gasteiger partial charge in [0, 0.05) is 31.7 Å². The van der Waals surface area contributed by atoms with Gasteiger partial charge >= 0.3 is 0 Å². The minimum atomic E-state index is 0.389. The van der Waals surface area contributed by atoms with E-state index in [2.05, 4.69) is 44.3 Å². The van der Waals surface area contributed by atoms with Crippen LogP contribution in [0.15, 0.2) is 22.7 Å². The Morgan fingerprint density at radius 2 is 2.10 bits per heavy atom. The number of nitrogens with zero attached hydrogens (tertiary/aromatic N) is 1. The zero-order valence-corrected chi connectivity index (χ0v) is 14.4. The molecule has 0 radical (unpaired) electrons. The molecule has 4 heteroatoms. The predicted octanol–water partition coefficient (Wildman–Crippen LogP) is 3.57. The van der Waals surface area contributed by atoms with Gasteiger partial charge in [-0.3, -0.25) is 4.90 Å². The molecule has 2 fully saturated rings. The van der Waals surface area contributed by atoms with Crippen LogP contribution in [0.5, 0.6) is 5.75 Å². The van der Waals surface area contributed by atoms with Crippen LogP contribution >= 0.6 is 15.9 Å². The largest absolute Gasteiger partial charge is 0.496 e. The highest BCUT2D eigenvalue weighted by molar-refractivity contribution is 9.10. The molecule has 1 N–H and O–H groups in total. The van der Waals surface area contributed by atoms with E-state index in [-0.39, 0.29) is 0 Å². The lowest BCUT2D eigenvalue weighted by Gasteiger charge is -2.46. The second kappa shape index (κ2) is 6.67. The van der Waals surface area contributed by atoms with E-state index < -0.39 is 0 Å². The van der Waals surface area contributed by atoms with Gasteiger partial charge in [-0.15, -0.1) is 0 Å². The average Bonchev–Trinajstić information content (AvgIpc) is 2.48. The monoisotopic (exact) mass is 352 g/mol. The van der Waals surface area contributed by atoms with Crippen LogP contribution in [0.4, 0.5) is 0 Å². The summed E-state index contributed by atoms with van der Waals surface area (Å²) in [6, 6.07) is 6.42. The fourth-order valence-electron chi connectivity index (χ4n) is 3.81. The third-order valence-electron chi connectivity index (χ3n) is 4.89. The zero-order chi connectivity index (χ0) is 14.7. The number of nitrogens with one attached hydrogen (secondary N) is 1. The summed E-state index contributed by atoms with van der Waals surface area (Å²) in [6.07, 6.45) is 6.87. The molecule has 1 saturated carbocycles. The molecule has 2 aliphatic rings. The molecule has 0 aromatic heterocycles. The molecule has 116 valence electrons. The summed E-state index contributed by atoms with van der Waals surface area (Å²) in [5, 5.41) is 3.81. The fourth-order valence-corrected chi connectivity index (χ4v) is 4.40. The lowest BCUT2D eigenvalue weighted by Crippen LogP contribution is -2.60. The van der Waals surface area contributed by atoms with Crippen LogP contribution in [0.2, 0.25) is 0 Å². The number of piperazine rings is 1. The van der Waals surface area contributed by atoms with E-state index in [1.807, 2.05) is 0 Å². The van der Waals surface area contributed by atoms with Crippen LogP contribution in [0.25, 0.3) is 0 Å². The topological polar surface area (TPSA) is 24.5 Å². The summed E-state index contributed by atoms with van der Waals surface area (Å²) < 4.78 is 6.36. The lowest BCUT2D eigenvalue weighted by atomic mass is 9.80. The van der Waals surface area contributed by atoms with E-state index in [4.69, 9.17) is 4.74 Å². The molecular weight excluding hydrogens is 328 g/mol. The summed E-state index contributed by atoms with van der Waals surface area (Å²) in [5.41, 5.74) is 1.75. The smallest absolute Gasteiger partial charge is 0.133 e. The van der Waals surface area contributed by atoms with Gasteiger partial charge in [0.25, 0.3) is 0 Å². The van der Waals surface area contributed by atoms with Crippen LogP contribution < -0.4 is 10.1 Å². The normalized spacial score (nSPS) is 22.4. The zero-order valence-electron chi connectivity index (χ0n) is 12.8. The van der Waals surface area contributed by atoms with Gasteiger partial charge in [-0.25, -0.2) is 0 Å². The molecule has 1 spiro atoms. The molecular formula is C17H25BrN2O. The first-order chi connectivity index (χ1) is 10.2. The molecule has 1 aromatic carbocycles. The number of hydrogen-bond acceptors (Lipinski definition) is 3. The molecule has 1 heterocycles. The summed E-state index contributed by atoms with van der Waals surface area (Å²) in [7, 11) is 1.71. The first kappa shape index (κ1) is 15.3. The third kappa shape index (κ3) is 3.61. The van der Waals surface area contributed by atoms with Crippen molar-refractivity contribution in [3.63, 3.8) is 0 Å². The van der Waals surface area contributed by atoms with Gasteiger partial charge in [-0.1, -0.05) is 25.3 Å². The molecule has 1 aliphatic heterocycles. The summed E-state index contributed by atoms with van der Waals surface area (Å²) in [5.74, 6) is 0.905. The van der Waals surface area contributed by atoms with Gasteiger partial charge in [0.15, 0.2) is 0 Å². The number of benzene rings is 1. The fraction of sp³-hybridized carbons (Fsp3) is 0.647. The Labute approximate surface area is 136 Å². The molecule has 1 saturated heterocycles. The molecule has 0 amide bonds. The number of hydrogen-bond donors (Lipinski definition) is 1. The Morgan fingerprint density at radius 3 is 2.81 bits per heavy atom. The molecule has 1 aliphatic carbocycles. The van der Waals surface area contributed by atoms with Gasteiger partial charge in [0.2, 0.25) is 0 Å². The Morgan fingerprint density at radius 1 is 1.29 bits per heavy atom. The first-order valence-corrected chi connectivity index (χ1v) is 8.80. The summed E-state index contributed by atoms with van der Waals surface area (Å²) >= 11 is 3.59. The van der Waals surface area contributed by atoms with E-state index in [0.29, 0.717) is 5.54 Å². The number of methoxy groups -OCH3 is 1. The second-order valence-electron chi connectivity index (χ2n) is 6.45. The van der Waals surface area contributed by atoms with Crippen molar-refractivity contribution in [3.8, 4) is 5.75 Å². The molecule has 3 rings (SSSR count). The van der Waals surface area contributed by atoms with E-state index in [9.17, 15) is 0 Å². The van der Waals surface area contributed by atoms with Crippen molar-refractivity contribution in [2.24, 2.45) is 0 Å². The van der Waals surface area contributed by atoms with Crippen molar-refractivity contribution >= 4 is 15.9 Å². The highest BCUT2D eigenvalue weighted by atomic mass is 79.9. The standard InChI is InChI=1S/C17H25BrN2O/c1-21-16-6-5-14(11-15(16)18)12-20-10-9-19-17(13-20)7-3-2-4-8-17/h5-6,11,19H,2-4,7-10,12-13H2,1H3. The van der Waals surface area contributed by atoms with E-state index in [1.54, 1.807) is 7.11 Å². The Bertz CT molecular complexity index is 480. The van der Waals surface area contributed by atoms with E-state index in [0.717, 1.165) is 29.9 Å². The van der Waals surface area contributed by atoms with Crippen molar-refractivity contribution < 1.29 is 4.74 Å². The minimum Gasteiger partial charge on any atom is -0.496 e. The number of rotatable bonds is 3. The van der Waals surface area contributed by atoms with Crippen molar-refractivity contribution in [1.29, 1.82) is 0 Å². The van der Waals surface area contributed by atoms with Gasteiger partial charge < -0.3 is 10.1 Å². The van der Waals surface area contributed by atoms with Crippen LogP contribution in [0.3, 0.4) is 0 Å². The summed E-state index contributed by atoms with van der Waals surface area (Å²) in [6.45, 7) is 4.49. The molecule has 0 atom stereocenters. The maximum Gasteiger partial charge on any atom is 0.133 e. The highest BCUT2D eigenvalue weighted by Crippen LogP contribution is 2.31. The Kier molecular flexibility index (Phi) is 4.87. The number of halogens is 1. The molecule has 0 unspecified atom stereocenters. The van der Waals surface area contributed by atoms with Crippen LogP contribution in [-0.4, -0.2) is 37.2 Å². The molecule has 0 bridgehead atoms. The Hall–Kier alpha value is -0.580. The molecule has 3 nitrogen and oxygen atoms in total. The van der Waals surface area contributed by atoms with Crippen molar-refractivity contribution in [2.75, 3.05) is 26.7 Å². The van der Waals surface area contributed by atoms with Crippen LogP contribution in [-0.2, 0) is 6.54 Å². The maximum absolute atomic E-state index is 5.31. The number of ether oxygens (including phenoxy) is 1. The Balaban J connectivity index is 1.65. The quantitative estimate of drug-likeness (QED) is 0.899.